The molecular formula is C17H21Br3. The third kappa shape index (κ3) is 11.7. The summed E-state index contributed by atoms with van der Waals surface area (Å²) in [6.07, 6.45) is 1.14. The van der Waals surface area contributed by atoms with Crippen molar-refractivity contribution >= 4 is 47.8 Å². The molecule has 0 amide bonds. The van der Waals surface area contributed by atoms with E-state index in [1.54, 1.807) is 0 Å². The van der Waals surface area contributed by atoms with Gasteiger partial charge >= 0.3 is 0 Å². The maximum atomic E-state index is 3.10. The summed E-state index contributed by atoms with van der Waals surface area (Å²) in [5.74, 6) is 0. The van der Waals surface area contributed by atoms with Gasteiger partial charge in [-0.2, -0.15) is 0 Å². The minimum Gasteiger partial charge on any atom is -0.0637 e. The number of hydrogen-bond donors (Lipinski definition) is 0. The van der Waals surface area contributed by atoms with Crippen molar-refractivity contribution in [2.75, 3.05) is 0 Å². The second-order valence-electron chi connectivity index (χ2n) is 4.17. The van der Waals surface area contributed by atoms with E-state index in [-0.39, 0.29) is 2.65 Å². The first-order valence-corrected chi connectivity index (χ1v) is 9.20. The second kappa shape index (κ2) is 12.6. The lowest BCUT2D eigenvalue weighted by Crippen LogP contribution is -1.74. The van der Waals surface area contributed by atoms with E-state index >= 15 is 0 Å². The third-order valence-electron chi connectivity index (χ3n) is 2.68. The Morgan fingerprint density at radius 3 is 1.35 bits per heavy atom. The molecule has 0 atom stereocenters. The first-order valence-electron chi connectivity index (χ1n) is 6.45. The van der Waals surface area contributed by atoms with Gasteiger partial charge in [-0.3, -0.25) is 0 Å². The van der Waals surface area contributed by atoms with Crippen LogP contribution in [0.1, 0.15) is 23.6 Å². The van der Waals surface area contributed by atoms with Crippen molar-refractivity contribution in [1.82, 2.24) is 0 Å². The number of halogens is 3. The SMILES string of the molecule is BrC(Br)Br.CCc1ccccc1.Cc1ccccc1C. The Morgan fingerprint density at radius 1 is 0.750 bits per heavy atom. The van der Waals surface area contributed by atoms with E-state index in [0.717, 1.165) is 6.42 Å². The number of rotatable bonds is 1. The molecule has 0 unspecified atom stereocenters. The van der Waals surface area contributed by atoms with E-state index in [9.17, 15) is 0 Å². The molecule has 0 radical (unpaired) electrons. The molecule has 0 aliphatic heterocycles. The molecule has 0 fully saturated rings. The monoisotopic (exact) mass is 462 g/mol. The van der Waals surface area contributed by atoms with E-state index in [4.69, 9.17) is 0 Å². The molecule has 0 heterocycles. The highest BCUT2D eigenvalue weighted by molar-refractivity contribution is 9.38. The lowest BCUT2D eigenvalue weighted by atomic mass is 10.1. The highest BCUT2D eigenvalue weighted by Crippen LogP contribution is 2.13. The largest absolute Gasteiger partial charge is 0.124 e. The maximum Gasteiger partial charge on any atom is 0.124 e. The van der Waals surface area contributed by atoms with Crippen molar-refractivity contribution in [1.29, 1.82) is 0 Å². The van der Waals surface area contributed by atoms with Crippen molar-refractivity contribution in [2.24, 2.45) is 0 Å². The highest BCUT2D eigenvalue weighted by Gasteiger charge is 1.84. The molecule has 20 heavy (non-hydrogen) atoms. The smallest absolute Gasteiger partial charge is 0.0637 e. The normalized spacial score (nSPS) is 9.15. The quantitative estimate of drug-likeness (QED) is 0.398. The Kier molecular flexibility index (Phi) is 12.5. The molecule has 0 bridgehead atoms. The van der Waals surface area contributed by atoms with Crippen LogP contribution in [-0.2, 0) is 6.42 Å². The third-order valence-corrected chi connectivity index (χ3v) is 2.68. The number of alkyl halides is 3. The van der Waals surface area contributed by atoms with Gasteiger partial charge in [-0.25, -0.2) is 0 Å². The van der Waals surface area contributed by atoms with E-state index in [1.165, 1.54) is 16.7 Å². The van der Waals surface area contributed by atoms with Crippen LogP contribution >= 0.6 is 47.8 Å². The predicted molar refractivity (Wildman–Crippen MR) is 102 cm³/mol. The minimum absolute atomic E-state index is 0.271. The summed E-state index contributed by atoms with van der Waals surface area (Å²) in [4.78, 5) is 0. The van der Waals surface area contributed by atoms with E-state index in [2.05, 4.69) is 117 Å². The summed E-state index contributed by atoms with van der Waals surface area (Å²) >= 11 is 9.31. The van der Waals surface area contributed by atoms with Crippen LogP contribution in [0.3, 0.4) is 0 Å². The van der Waals surface area contributed by atoms with Crippen molar-refractivity contribution in [3.05, 3.63) is 71.3 Å². The first-order chi connectivity index (χ1) is 9.47. The van der Waals surface area contributed by atoms with Crippen LogP contribution in [-0.4, -0.2) is 2.65 Å². The lowest BCUT2D eigenvalue weighted by molar-refractivity contribution is 1.14. The molecular weight excluding hydrogens is 444 g/mol. The molecule has 110 valence electrons. The van der Waals surface area contributed by atoms with Crippen LogP contribution in [0, 0.1) is 13.8 Å². The number of hydrogen-bond acceptors (Lipinski definition) is 0. The molecule has 3 heteroatoms. The molecule has 2 rings (SSSR count). The molecule has 0 N–H and O–H groups in total. The Hall–Kier alpha value is -0.120. The standard InChI is InChI=1S/2C8H10.CHBr3/c1-7-5-3-4-6-8(7)2;1-2-8-6-4-3-5-7-8;2-1(3)4/h3-6H,1-2H3;3-7H,2H2,1H3;1H. The van der Waals surface area contributed by atoms with E-state index in [0.29, 0.717) is 0 Å². The summed E-state index contributed by atoms with van der Waals surface area (Å²) in [7, 11) is 0. The average Bonchev–Trinajstić information content (AvgIpc) is 2.43. The zero-order chi connectivity index (χ0) is 15.4. The van der Waals surface area contributed by atoms with Crippen LogP contribution < -0.4 is 0 Å². The fourth-order valence-electron chi connectivity index (χ4n) is 1.38. The Bertz CT molecular complexity index is 429. The maximum absolute atomic E-state index is 3.10. The fraction of sp³-hybridized carbons (Fsp3) is 0.294. The van der Waals surface area contributed by atoms with Crippen LogP contribution in [0.25, 0.3) is 0 Å². The van der Waals surface area contributed by atoms with Gasteiger partial charge in [-0.15, -0.1) is 0 Å². The van der Waals surface area contributed by atoms with Crippen LogP contribution in [0.2, 0.25) is 0 Å². The topological polar surface area (TPSA) is 0 Å². The zero-order valence-corrected chi connectivity index (χ0v) is 16.9. The Balaban J connectivity index is 0.000000289. The highest BCUT2D eigenvalue weighted by atomic mass is 80.0. The Labute approximate surface area is 148 Å². The predicted octanol–water partition coefficient (Wildman–Crippen LogP) is 7.01. The van der Waals surface area contributed by atoms with Crippen molar-refractivity contribution < 1.29 is 0 Å². The summed E-state index contributed by atoms with van der Waals surface area (Å²) in [6.45, 7) is 6.40. The molecule has 2 aromatic rings. The van der Waals surface area contributed by atoms with Gasteiger partial charge in [0.05, 0.1) is 0 Å². The first kappa shape index (κ1) is 19.9. The van der Waals surface area contributed by atoms with Gasteiger partial charge in [-0.05, 0) is 37.0 Å². The molecule has 0 aliphatic rings. The van der Waals surface area contributed by atoms with Crippen LogP contribution in [0.5, 0.6) is 0 Å². The minimum atomic E-state index is 0.271. The van der Waals surface area contributed by atoms with Gasteiger partial charge in [0.1, 0.15) is 2.65 Å². The molecule has 0 nitrogen and oxygen atoms in total. The summed E-state index contributed by atoms with van der Waals surface area (Å²) in [5.41, 5.74) is 4.15. The summed E-state index contributed by atoms with van der Waals surface area (Å²) in [5, 5.41) is 0. The van der Waals surface area contributed by atoms with E-state index < -0.39 is 0 Å². The molecule has 0 saturated carbocycles. The molecule has 2 aromatic carbocycles. The van der Waals surface area contributed by atoms with E-state index in [1.807, 2.05) is 6.07 Å². The molecule has 0 aromatic heterocycles. The zero-order valence-electron chi connectivity index (χ0n) is 12.1. The van der Waals surface area contributed by atoms with Gasteiger partial charge in [0.2, 0.25) is 0 Å². The lowest BCUT2D eigenvalue weighted by Gasteiger charge is -1.93. The fourth-order valence-corrected chi connectivity index (χ4v) is 1.38. The van der Waals surface area contributed by atoms with Gasteiger partial charge in [0.25, 0.3) is 0 Å². The van der Waals surface area contributed by atoms with Crippen LogP contribution in [0.15, 0.2) is 54.6 Å². The van der Waals surface area contributed by atoms with Gasteiger partial charge in [-0.1, -0.05) is 109 Å². The van der Waals surface area contributed by atoms with Crippen molar-refractivity contribution in [2.45, 2.75) is 29.8 Å². The van der Waals surface area contributed by atoms with Crippen molar-refractivity contribution in [3.63, 3.8) is 0 Å². The Morgan fingerprint density at radius 2 is 1.10 bits per heavy atom. The number of aryl methyl sites for hydroxylation is 3. The molecule has 0 aliphatic carbocycles. The molecule has 0 spiro atoms. The van der Waals surface area contributed by atoms with Gasteiger partial charge in [0.15, 0.2) is 0 Å². The van der Waals surface area contributed by atoms with Gasteiger partial charge < -0.3 is 0 Å². The molecule has 0 saturated heterocycles. The van der Waals surface area contributed by atoms with Gasteiger partial charge in [0, 0.05) is 0 Å². The second-order valence-corrected chi connectivity index (χ2v) is 10.6. The summed E-state index contributed by atoms with van der Waals surface area (Å²) in [6, 6.07) is 18.8. The average molecular weight is 465 g/mol. The van der Waals surface area contributed by atoms with Crippen molar-refractivity contribution in [3.8, 4) is 0 Å². The summed E-state index contributed by atoms with van der Waals surface area (Å²) < 4.78 is 0.271. The van der Waals surface area contributed by atoms with Crippen LogP contribution in [0.4, 0.5) is 0 Å². The number of benzene rings is 2.